The summed E-state index contributed by atoms with van der Waals surface area (Å²) in [6, 6.07) is 0. The molecule has 62 valence electrons. The first kappa shape index (κ1) is 6.86. The third kappa shape index (κ3) is 0.907. The summed E-state index contributed by atoms with van der Waals surface area (Å²) in [6.07, 6.45) is 6.81. The van der Waals surface area contributed by atoms with Crippen LogP contribution in [0.1, 0.15) is 25.7 Å². The van der Waals surface area contributed by atoms with Gasteiger partial charge in [0.15, 0.2) is 0 Å². The van der Waals surface area contributed by atoms with Gasteiger partial charge in [-0.05, 0) is 37.5 Å². The average Bonchev–Trinajstić information content (AvgIpc) is 1.98. The summed E-state index contributed by atoms with van der Waals surface area (Å²) < 4.78 is 5.91. The van der Waals surface area contributed by atoms with Gasteiger partial charge in [0.25, 0.3) is 0 Å². The highest BCUT2D eigenvalue weighted by atomic mass is 31.0. The largest absolute Gasteiger partial charge is 0.374 e. The van der Waals surface area contributed by atoms with Crippen molar-refractivity contribution in [3.63, 3.8) is 0 Å². The molecule has 2 heteroatoms. The predicted molar refractivity (Wildman–Crippen MR) is 47.6 cm³/mol. The van der Waals surface area contributed by atoms with Crippen LogP contribution in [0.25, 0.3) is 0 Å². The SMILES string of the molecule is PC1C2CC3CC(C2)OC1C3. The maximum absolute atomic E-state index is 5.91. The minimum absolute atomic E-state index is 0.608. The van der Waals surface area contributed by atoms with Gasteiger partial charge in [-0.2, -0.15) is 0 Å². The van der Waals surface area contributed by atoms with Crippen LogP contribution in [0.5, 0.6) is 0 Å². The first-order valence-electron chi connectivity index (χ1n) is 4.74. The Labute approximate surface area is 70.1 Å². The first-order valence-corrected chi connectivity index (χ1v) is 5.40. The zero-order chi connectivity index (χ0) is 7.42. The second-order valence-corrected chi connectivity index (χ2v) is 5.21. The number of ether oxygens (including phenoxy) is 1. The molecule has 0 aromatic heterocycles. The minimum atomic E-state index is 0.608. The molecule has 6 unspecified atom stereocenters. The zero-order valence-electron chi connectivity index (χ0n) is 6.70. The Kier molecular flexibility index (Phi) is 1.37. The van der Waals surface area contributed by atoms with Gasteiger partial charge in [-0.25, -0.2) is 0 Å². The number of hydrogen-bond acceptors (Lipinski definition) is 1. The smallest absolute Gasteiger partial charge is 0.0646 e. The summed E-state index contributed by atoms with van der Waals surface area (Å²) in [5.41, 5.74) is 0.780. The summed E-state index contributed by atoms with van der Waals surface area (Å²) in [7, 11) is 2.99. The molecule has 2 aliphatic heterocycles. The molecule has 2 saturated carbocycles. The van der Waals surface area contributed by atoms with E-state index in [0.717, 1.165) is 17.5 Å². The quantitative estimate of drug-likeness (QED) is 0.504. The third-order valence-electron chi connectivity index (χ3n) is 3.70. The number of rotatable bonds is 0. The van der Waals surface area contributed by atoms with Crippen molar-refractivity contribution in [2.45, 2.75) is 43.6 Å². The second-order valence-electron chi connectivity index (χ2n) is 4.44. The lowest BCUT2D eigenvalue weighted by Gasteiger charge is -2.53. The highest BCUT2D eigenvalue weighted by Gasteiger charge is 2.47. The predicted octanol–water partition coefficient (Wildman–Crippen LogP) is 1.82. The second kappa shape index (κ2) is 2.20. The van der Waals surface area contributed by atoms with Crippen molar-refractivity contribution in [2.75, 3.05) is 0 Å². The minimum Gasteiger partial charge on any atom is -0.374 e. The molecular formula is C9H15OP. The van der Waals surface area contributed by atoms with E-state index < -0.39 is 0 Å². The van der Waals surface area contributed by atoms with Crippen molar-refractivity contribution in [2.24, 2.45) is 11.8 Å². The molecule has 0 amide bonds. The molecule has 2 aliphatic carbocycles. The lowest BCUT2D eigenvalue weighted by Crippen LogP contribution is -2.52. The summed E-state index contributed by atoms with van der Waals surface area (Å²) >= 11 is 0. The van der Waals surface area contributed by atoms with Crippen molar-refractivity contribution < 1.29 is 4.74 Å². The Morgan fingerprint density at radius 3 is 2.73 bits per heavy atom. The number of hydrogen-bond donors (Lipinski definition) is 0. The fraction of sp³-hybridized carbons (Fsp3) is 1.00. The van der Waals surface area contributed by atoms with Gasteiger partial charge in [0, 0.05) is 5.66 Å². The van der Waals surface area contributed by atoms with Gasteiger partial charge < -0.3 is 4.74 Å². The summed E-state index contributed by atoms with van der Waals surface area (Å²) in [5.74, 6) is 2.01. The zero-order valence-corrected chi connectivity index (χ0v) is 7.86. The van der Waals surface area contributed by atoms with Gasteiger partial charge in [0.1, 0.15) is 0 Å². The molecule has 2 heterocycles. The fourth-order valence-electron chi connectivity index (χ4n) is 3.23. The highest BCUT2D eigenvalue weighted by Crippen LogP contribution is 2.50. The fourth-order valence-corrected chi connectivity index (χ4v) is 3.79. The van der Waals surface area contributed by atoms with Crippen LogP contribution in [0, 0.1) is 11.8 Å². The molecule has 1 nitrogen and oxygen atoms in total. The summed E-state index contributed by atoms with van der Waals surface area (Å²) in [6.45, 7) is 0. The maximum Gasteiger partial charge on any atom is 0.0646 e. The molecule has 0 spiro atoms. The van der Waals surface area contributed by atoms with Crippen LogP contribution in [0.4, 0.5) is 0 Å². The molecule has 4 aliphatic rings. The van der Waals surface area contributed by atoms with E-state index in [0.29, 0.717) is 12.2 Å². The van der Waals surface area contributed by atoms with Crippen molar-refractivity contribution in [1.82, 2.24) is 0 Å². The van der Waals surface area contributed by atoms with Crippen LogP contribution < -0.4 is 0 Å². The van der Waals surface area contributed by atoms with Gasteiger partial charge >= 0.3 is 0 Å². The Morgan fingerprint density at radius 2 is 2.00 bits per heavy atom. The van der Waals surface area contributed by atoms with Gasteiger partial charge in [-0.1, -0.05) is 0 Å². The lowest BCUT2D eigenvalue weighted by molar-refractivity contribution is -0.150. The molecule has 0 radical (unpaired) electrons. The normalized spacial score (nSPS) is 60.3. The van der Waals surface area contributed by atoms with E-state index in [-0.39, 0.29) is 0 Å². The van der Waals surface area contributed by atoms with Crippen LogP contribution in [-0.4, -0.2) is 17.9 Å². The van der Waals surface area contributed by atoms with Crippen LogP contribution in [0.2, 0.25) is 0 Å². The van der Waals surface area contributed by atoms with E-state index in [9.17, 15) is 0 Å². The molecule has 4 rings (SSSR count). The lowest BCUT2D eigenvalue weighted by atomic mass is 9.67. The molecule has 0 aromatic carbocycles. The first-order chi connectivity index (χ1) is 5.33. The molecule has 4 bridgehead atoms. The highest BCUT2D eigenvalue weighted by molar-refractivity contribution is 7.17. The van der Waals surface area contributed by atoms with Crippen LogP contribution in [0.15, 0.2) is 0 Å². The molecule has 6 atom stereocenters. The van der Waals surface area contributed by atoms with E-state index in [4.69, 9.17) is 4.74 Å². The maximum atomic E-state index is 5.91. The van der Waals surface area contributed by atoms with Gasteiger partial charge in [-0.3, -0.25) is 0 Å². The van der Waals surface area contributed by atoms with Crippen molar-refractivity contribution >= 4 is 9.24 Å². The van der Waals surface area contributed by atoms with Gasteiger partial charge in [0.2, 0.25) is 0 Å². The Morgan fingerprint density at radius 1 is 1.09 bits per heavy atom. The van der Waals surface area contributed by atoms with E-state index in [1.165, 1.54) is 25.7 Å². The van der Waals surface area contributed by atoms with Crippen LogP contribution in [0.3, 0.4) is 0 Å². The van der Waals surface area contributed by atoms with E-state index in [1.807, 2.05) is 0 Å². The van der Waals surface area contributed by atoms with Crippen molar-refractivity contribution in [3.05, 3.63) is 0 Å². The molecule has 11 heavy (non-hydrogen) atoms. The molecule has 2 saturated heterocycles. The third-order valence-corrected chi connectivity index (χ3v) is 4.68. The monoisotopic (exact) mass is 170 g/mol. The summed E-state index contributed by atoms with van der Waals surface area (Å²) in [5, 5.41) is 0. The molecule has 0 N–H and O–H groups in total. The molecular weight excluding hydrogens is 155 g/mol. The average molecular weight is 170 g/mol. The van der Waals surface area contributed by atoms with E-state index >= 15 is 0 Å². The Balaban J connectivity index is 1.91. The van der Waals surface area contributed by atoms with Crippen LogP contribution >= 0.6 is 9.24 Å². The Hall–Kier alpha value is 0.390. The van der Waals surface area contributed by atoms with Crippen molar-refractivity contribution in [3.8, 4) is 0 Å². The topological polar surface area (TPSA) is 9.23 Å². The summed E-state index contributed by atoms with van der Waals surface area (Å²) in [4.78, 5) is 0. The van der Waals surface area contributed by atoms with Gasteiger partial charge in [-0.15, -0.1) is 9.24 Å². The molecule has 0 aromatic rings. The van der Waals surface area contributed by atoms with Gasteiger partial charge in [0.05, 0.1) is 12.2 Å². The van der Waals surface area contributed by atoms with Crippen molar-refractivity contribution in [1.29, 1.82) is 0 Å². The van der Waals surface area contributed by atoms with E-state index in [2.05, 4.69) is 9.24 Å². The Bertz CT molecular complexity index is 152. The van der Waals surface area contributed by atoms with Crippen LogP contribution in [-0.2, 0) is 4.74 Å². The standard InChI is InChI=1S/C9H15OP/c11-9-6-1-5-2-7(4-6)10-8(9)3-5/h5-9H,1-4,11H2. The molecule has 4 fully saturated rings. The van der Waals surface area contributed by atoms with E-state index in [1.54, 1.807) is 0 Å².